The summed E-state index contributed by atoms with van der Waals surface area (Å²) in [7, 11) is 0. The van der Waals surface area contributed by atoms with Crippen LogP contribution < -0.4 is 10.6 Å². The van der Waals surface area contributed by atoms with Gasteiger partial charge in [-0.2, -0.15) is 10.2 Å². The summed E-state index contributed by atoms with van der Waals surface area (Å²) in [6, 6.07) is 33.0. The van der Waals surface area contributed by atoms with Crippen LogP contribution in [0.3, 0.4) is 0 Å². The Morgan fingerprint density at radius 2 is 0.841 bits per heavy atom. The second-order valence-corrected chi connectivity index (χ2v) is 10.6. The number of nitrogens with one attached hydrogen (secondary N) is 2. The van der Waals surface area contributed by atoms with Crippen LogP contribution in [0.25, 0.3) is 0 Å². The highest BCUT2D eigenvalue weighted by molar-refractivity contribution is 6.10. The third kappa shape index (κ3) is 7.74. The summed E-state index contributed by atoms with van der Waals surface area (Å²) < 4.78 is 0. The molecule has 8 heteroatoms. The van der Waals surface area contributed by atoms with Gasteiger partial charge in [0.05, 0.1) is 22.7 Å². The quantitative estimate of drug-likeness (QED) is 0.178. The molecule has 2 amide bonds. The Bertz CT molecular complexity index is 1740. The highest BCUT2D eigenvalue weighted by Crippen LogP contribution is 2.30. The van der Waals surface area contributed by atoms with Gasteiger partial charge in [-0.3, -0.25) is 9.59 Å². The number of anilines is 2. The van der Waals surface area contributed by atoms with E-state index in [1.54, 1.807) is 36.4 Å². The first-order valence-corrected chi connectivity index (χ1v) is 14.1. The predicted octanol–water partition coefficient (Wildman–Crippen LogP) is 10.3. The van der Waals surface area contributed by atoms with Gasteiger partial charge in [0.15, 0.2) is 0 Å². The fourth-order valence-electron chi connectivity index (χ4n) is 4.30. The van der Waals surface area contributed by atoms with E-state index in [1.165, 1.54) is 0 Å². The number of carbonyl (C=O) groups excluding carboxylic acids is 2. The monoisotopic (exact) mass is 580 g/mol. The van der Waals surface area contributed by atoms with Gasteiger partial charge >= 0.3 is 0 Å². The van der Waals surface area contributed by atoms with Crippen LogP contribution in [0.15, 0.2) is 130 Å². The van der Waals surface area contributed by atoms with Crippen LogP contribution in [0.4, 0.5) is 34.1 Å². The zero-order valence-corrected chi connectivity index (χ0v) is 25.0. The topological polar surface area (TPSA) is 108 Å². The Kier molecular flexibility index (Phi) is 9.10. The van der Waals surface area contributed by atoms with Gasteiger partial charge in [-0.05, 0) is 106 Å². The molecule has 44 heavy (non-hydrogen) atoms. The van der Waals surface area contributed by atoms with Crippen molar-refractivity contribution >= 4 is 45.9 Å². The predicted molar refractivity (Wildman–Crippen MR) is 175 cm³/mol. The fourth-order valence-corrected chi connectivity index (χ4v) is 4.30. The van der Waals surface area contributed by atoms with Crippen LogP contribution in [0.5, 0.6) is 0 Å². The zero-order valence-electron chi connectivity index (χ0n) is 25.0. The first-order chi connectivity index (χ1) is 21.2. The third-order valence-corrected chi connectivity index (χ3v) is 6.80. The minimum atomic E-state index is -0.377. The van der Waals surface area contributed by atoms with E-state index in [0.29, 0.717) is 45.3 Å². The standard InChI is InChI=1S/C36H32N6O2/c1-23-8-14-29(15-9-23)39-41-33-20-25(3)12-18-31(33)37-35(43)27-6-5-7-28(22-27)36(44)38-32-19-13-26(4)21-34(32)42-40-30-16-10-24(2)11-17-30/h5-22H,1-4H3,(H,37,43)(H,38,44). The lowest BCUT2D eigenvalue weighted by Crippen LogP contribution is -2.15. The molecule has 0 saturated heterocycles. The SMILES string of the molecule is Cc1ccc(N=Nc2cc(C)ccc2NC(=O)c2cccc(C(=O)Nc3ccc(C)cc3N=Nc3ccc(C)cc3)c2)cc1. The molecule has 5 aromatic rings. The average molecular weight is 581 g/mol. The molecular formula is C36H32N6O2. The number of azo groups is 2. The van der Waals surface area contributed by atoms with E-state index in [1.807, 2.05) is 100 Å². The molecule has 5 rings (SSSR count). The van der Waals surface area contributed by atoms with E-state index in [2.05, 4.69) is 31.1 Å². The number of carbonyl (C=O) groups is 2. The minimum absolute atomic E-state index is 0.322. The Balaban J connectivity index is 1.32. The van der Waals surface area contributed by atoms with E-state index in [9.17, 15) is 9.59 Å². The van der Waals surface area contributed by atoms with Gasteiger partial charge in [0.1, 0.15) is 11.4 Å². The van der Waals surface area contributed by atoms with Gasteiger partial charge in [0.2, 0.25) is 0 Å². The summed E-state index contributed by atoms with van der Waals surface area (Å²) in [5, 5.41) is 23.3. The van der Waals surface area contributed by atoms with Crippen molar-refractivity contribution < 1.29 is 9.59 Å². The van der Waals surface area contributed by atoms with Crippen LogP contribution in [0, 0.1) is 27.7 Å². The van der Waals surface area contributed by atoms with Crippen LogP contribution in [0.2, 0.25) is 0 Å². The Hall–Kier alpha value is -5.76. The molecule has 0 aromatic heterocycles. The number of rotatable bonds is 8. The maximum absolute atomic E-state index is 13.3. The first-order valence-electron chi connectivity index (χ1n) is 14.1. The Morgan fingerprint density at radius 1 is 0.455 bits per heavy atom. The number of hydrogen-bond donors (Lipinski definition) is 2. The molecule has 0 heterocycles. The van der Waals surface area contributed by atoms with Gasteiger partial charge in [-0.25, -0.2) is 0 Å². The second-order valence-electron chi connectivity index (χ2n) is 10.6. The first kappa shape index (κ1) is 29.7. The number of hydrogen-bond acceptors (Lipinski definition) is 6. The molecule has 2 N–H and O–H groups in total. The highest BCUT2D eigenvalue weighted by atomic mass is 16.2. The molecule has 0 radical (unpaired) electrons. The van der Waals surface area contributed by atoms with Crippen LogP contribution >= 0.6 is 0 Å². The lowest BCUT2D eigenvalue weighted by atomic mass is 10.1. The minimum Gasteiger partial charge on any atom is -0.320 e. The van der Waals surface area contributed by atoms with Crippen molar-refractivity contribution in [1.29, 1.82) is 0 Å². The van der Waals surface area contributed by atoms with Crippen molar-refractivity contribution in [3.8, 4) is 0 Å². The lowest BCUT2D eigenvalue weighted by Gasteiger charge is -2.11. The summed E-state index contributed by atoms with van der Waals surface area (Å²) in [5.41, 5.74) is 8.36. The molecule has 0 atom stereocenters. The fraction of sp³-hybridized carbons (Fsp3) is 0.111. The number of benzene rings is 5. The molecule has 0 aliphatic heterocycles. The Labute approximate surface area is 256 Å². The van der Waals surface area contributed by atoms with Gasteiger partial charge in [0.25, 0.3) is 11.8 Å². The van der Waals surface area contributed by atoms with E-state index >= 15 is 0 Å². The second kappa shape index (κ2) is 13.5. The van der Waals surface area contributed by atoms with Crippen molar-refractivity contribution in [2.45, 2.75) is 27.7 Å². The number of aryl methyl sites for hydroxylation is 4. The molecule has 218 valence electrons. The van der Waals surface area contributed by atoms with Gasteiger partial charge < -0.3 is 10.6 Å². The largest absolute Gasteiger partial charge is 0.320 e. The maximum atomic E-state index is 13.3. The van der Waals surface area contributed by atoms with Crippen molar-refractivity contribution in [3.63, 3.8) is 0 Å². The molecule has 0 saturated carbocycles. The van der Waals surface area contributed by atoms with Crippen LogP contribution in [-0.2, 0) is 0 Å². The Morgan fingerprint density at radius 3 is 1.25 bits per heavy atom. The van der Waals surface area contributed by atoms with Crippen molar-refractivity contribution in [2.75, 3.05) is 10.6 Å². The number of nitrogens with zero attached hydrogens (tertiary/aromatic N) is 4. The van der Waals surface area contributed by atoms with E-state index in [-0.39, 0.29) is 11.8 Å². The summed E-state index contributed by atoms with van der Waals surface area (Å²) in [6.07, 6.45) is 0. The molecule has 0 unspecified atom stereocenters. The van der Waals surface area contributed by atoms with E-state index in [0.717, 1.165) is 22.3 Å². The normalized spacial score (nSPS) is 11.2. The smallest absolute Gasteiger partial charge is 0.255 e. The molecule has 0 aliphatic rings. The van der Waals surface area contributed by atoms with E-state index < -0.39 is 0 Å². The molecule has 5 aromatic carbocycles. The van der Waals surface area contributed by atoms with E-state index in [4.69, 9.17) is 0 Å². The average Bonchev–Trinajstić information content (AvgIpc) is 3.02. The summed E-state index contributed by atoms with van der Waals surface area (Å²) >= 11 is 0. The molecule has 0 bridgehead atoms. The van der Waals surface area contributed by atoms with Gasteiger partial charge in [0, 0.05) is 11.1 Å². The summed E-state index contributed by atoms with van der Waals surface area (Å²) in [5.74, 6) is -0.753. The highest BCUT2D eigenvalue weighted by Gasteiger charge is 2.14. The molecule has 0 spiro atoms. The zero-order chi connectivity index (χ0) is 31.1. The molecule has 0 aliphatic carbocycles. The van der Waals surface area contributed by atoms with Crippen LogP contribution in [-0.4, -0.2) is 11.8 Å². The van der Waals surface area contributed by atoms with Crippen LogP contribution in [0.1, 0.15) is 43.0 Å². The van der Waals surface area contributed by atoms with Crippen molar-refractivity contribution in [1.82, 2.24) is 0 Å². The van der Waals surface area contributed by atoms with Gasteiger partial charge in [-0.1, -0.05) is 53.6 Å². The summed E-state index contributed by atoms with van der Waals surface area (Å²) in [6.45, 7) is 7.91. The van der Waals surface area contributed by atoms with Crippen molar-refractivity contribution in [3.05, 3.63) is 143 Å². The number of amides is 2. The molecular weight excluding hydrogens is 548 g/mol. The molecule has 0 fully saturated rings. The van der Waals surface area contributed by atoms with Crippen molar-refractivity contribution in [2.24, 2.45) is 20.5 Å². The molecule has 8 nitrogen and oxygen atoms in total. The lowest BCUT2D eigenvalue weighted by molar-refractivity contribution is 0.102. The van der Waals surface area contributed by atoms with Gasteiger partial charge in [-0.15, -0.1) is 10.2 Å². The third-order valence-electron chi connectivity index (χ3n) is 6.80. The maximum Gasteiger partial charge on any atom is 0.255 e. The summed E-state index contributed by atoms with van der Waals surface area (Å²) in [4.78, 5) is 26.6.